The summed E-state index contributed by atoms with van der Waals surface area (Å²) in [5, 5.41) is 3.25. The predicted molar refractivity (Wildman–Crippen MR) is 115 cm³/mol. The van der Waals surface area contributed by atoms with Gasteiger partial charge < -0.3 is 14.8 Å². The minimum atomic E-state index is -0.896. The number of rotatable bonds is 5. The molecule has 1 aliphatic heterocycles. The van der Waals surface area contributed by atoms with Crippen LogP contribution in [-0.4, -0.2) is 31.4 Å². The van der Waals surface area contributed by atoms with Gasteiger partial charge in [-0.25, -0.2) is 4.79 Å². The normalized spacial score (nSPS) is 23.6. The molecule has 0 amide bonds. The molecule has 6 nitrogen and oxygen atoms in total. The molecular formula is C23H26BrNO5. The average molecular weight is 476 g/mol. The zero-order chi connectivity index (χ0) is 22.0. The van der Waals surface area contributed by atoms with Crippen LogP contribution in [0.25, 0.3) is 0 Å². The van der Waals surface area contributed by atoms with Crippen LogP contribution in [-0.2, 0) is 23.9 Å². The van der Waals surface area contributed by atoms with Gasteiger partial charge in [-0.3, -0.25) is 9.59 Å². The summed E-state index contributed by atoms with van der Waals surface area (Å²) < 4.78 is 11.1. The van der Waals surface area contributed by atoms with Crippen molar-refractivity contribution in [2.24, 2.45) is 11.8 Å². The van der Waals surface area contributed by atoms with Crippen molar-refractivity contribution in [1.82, 2.24) is 5.32 Å². The second-order valence-electron chi connectivity index (χ2n) is 7.69. The van der Waals surface area contributed by atoms with Gasteiger partial charge in [0.25, 0.3) is 0 Å². The van der Waals surface area contributed by atoms with Crippen LogP contribution in [0, 0.1) is 11.8 Å². The first-order valence-electron chi connectivity index (χ1n) is 10.1. The van der Waals surface area contributed by atoms with Crippen molar-refractivity contribution in [2.75, 3.05) is 13.7 Å². The second kappa shape index (κ2) is 9.16. The molecular weight excluding hydrogens is 450 g/mol. The first-order valence-corrected chi connectivity index (χ1v) is 10.8. The molecule has 1 heterocycles. The van der Waals surface area contributed by atoms with Crippen LogP contribution in [0.2, 0.25) is 0 Å². The van der Waals surface area contributed by atoms with Gasteiger partial charge in [0.05, 0.1) is 19.3 Å². The summed E-state index contributed by atoms with van der Waals surface area (Å²) in [6.45, 7) is 5.90. The van der Waals surface area contributed by atoms with E-state index in [1.807, 2.05) is 45.0 Å². The fourth-order valence-electron chi connectivity index (χ4n) is 4.24. The Morgan fingerprint density at radius 3 is 2.60 bits per heavy atom. The van der Waals surface area contributed by atoms with E-state index in [1.54, 1.807) is 0 Å². The molecule has 1 N–H and O–H groups in total. The van der Waals surface area contributed by atoms with Crippen molar-refractivity contribution in [3.63, 3.8) is 0 Å². The maximum atomic E-state index is 13.6. The van der Waals surface area contributed by atoms with Gasteiger partial charge in [0.2, 0.25) is 0 Å². The first kappa shape index (κ1) is 22.3. The number of hydrogen-bond donors (Lipinski definition) is 1. The summed E-state index contributed by atoms with van der Waals surface area (Å²) in [5.74, 6) is -3.06. The van der Waals surface area contributed by atoms with Gasteiger partial charge in [-0.1, -0.05) is 48.0 Å². The Labute approximate surface area is 184 Å². The Morgan fingerprint density at radius 1 is 1.27 bits per heavy atom. The quantitative estimate of drug-likeness (QED) is 0.511. The molecule has 0 saturated carbocycles. The molecule has 0 fully saturated rings. The maximum absolute atomic E-state index is 13.6. The third-order valence-corrected chi connectivity index (χ3v) is 6.34. The van der Waals surface area contributed by atoms with Gasteiger partial charge in [0.15, 0.2) is 5.78 Å². The molecule has 0 unspecified atom stereocenters. The predicted octanol–water partition coefficient (Wildman–Crippen LogP) is 4.02. The van der Waals surface area contributed by atoms with Crippen LogP contribution in [0.5, 0.6) is 0 Å². The van der Waals surface area contributed by atoms with Crippen LogP contribution < -0.4 is 5.32 Å². The molecule has 0 radical (unpaired) electrons. The molecule has 7 heteroatoms. The van der Waals surface area contributed by atoms with Gasteiger partial charge in [-0.2, -0.15) is 0 Å². The van der Waals surface area contributed by atoms with E-state index < -0.39 is 23.8 Å². The molecule has 1 aromatic carbocycles. The lowest BCUT2D eigenvalue weighted by Crippen LogP contribution is -2.43. The van der Waals surface area contributed by atoms with Crippen molar-refractivity contribution in [2.45, 2.75) is 39.5 Å². The van der Waals surface area contributed by atoms with Gasteiger partial charge in [0.1, 0.15) is 5.92 Å². The van der Waals surface area contributed by atoms with E-state index in [1.165, 1.54) is 7.11 Å². The Kier molecular flexibility index (Phi) is 6.81. The van der Waals surface area contributed by atoms with Crippen LogP contribution in [0.3, 0.4) is 0 Å². The van der Waals surface area contributed by atoms with E-state index in [0.717, 1.165) is 15.7 Å². The lowest BCUT2D eigenvalue weighted by Gasteiger charge is -2.38. The van der Waals surface area contributed by atoms with Crippen molar-refractivity contribution >= 4 is 33.7 Å². The second-order valence-corrected chi connectivity index (χ2v) is 8.55. The van der Waals surface area contributed by atoms with E-state index in [9.17, 15) is 14.4 Å². The molecule has 3 rings (SSSR count). The van der Waals surface area contributed by atoms with E-state index in [4.69, 9.17) is 9.47 Å². The SMILES string of the molecule is CCCOC(=O)C1=C(C)NC2=C(C(=O)[C@H](C(=O)OC)[C@@H](C)C2)[C@H]1c1ccccc1Br. The van der Waals surface area contributed by atoms with Crippen LogP contribution in [0.1, 0.15) is 45.1 Å². The maximum Gasteiger partial charge on any atom is 0.336 e. The Balaban J connectivity index is 2.18. The smallest absolute Gasteiger partial charge is 0.336 e. The Bertz CT molecular complexity index is 949. The fraction of sp³-hybridized carbons (Fsp3) is 0.435. The number of ether oxygens (including phenoxy) is 2. The largest absolute Gasteiger partial charge is 0.468 e. The highest BCUT2D eigenvalue weighted by atomic mass is 79.9. The van der Waals surface area contributed by atoms with Crippen molar-refractivity contribution in [1.29, 1.82) is 0 Å². The monoisotopic (exact) mass is 475 g/mol. The molecule has 1 aliphatic carbocycles. The van der Waals surface area contributed by atoms with E-state index in [0.29, 0.717) is 36.3 Å². The number of carbonyl (C=O) groups excluding carboxylic acids is 3. The number of benzene rings is 1. The number of allylic oxidation sites excluding steroid dienone is 3. The standard InChI is InChI=1S/C23H26BrNO5/c1-5-10-30-23(28)18-13(3)25-16-11-12(2)17(22(27)29-4)21(26)20(16)19(18)14-8-6-7-9-15(14)24/h6-9,12,17,19,25H,5,10-11H2,1-4H3/t12-,17+,19-/m0/s1. The van der Waals surface area contributed by atoms with Gasteiger partial charge in [0, 0.05) is 27.4 Å². The fourth-order valence-corrected chi connectivity index (χ4v) is 4.76. The minimum Gasteiger partial charge on any atom is -0.468 e. The molecule has 0 bridgehead atoms. The van der Waals surface area contributed by atoms with Gasteiger partial charge >= 0.3 is 11.9 Å². The van der Waals surface area contributed by atoms with Crippen molar-refractivity contribution in [3.05, 3.63) is 56.8 Å². The zero-order valence-corrected chi connectivity index (χ0v) is 19.2. The van der Waals surface area contributed by atoms with E-state index >= 15 is 0 Å². The molecule has 0 saturated heterocycles. The number of esters is 2. The van der Waals surface area contributed by atoms with Gasteiger partial charge in [-0.15, -0.1) is 0 Å². The number of nitrogens with one attached hydrogen (secondary N) is 1. The summed E-state index contributed by atoms with van der Waals surface area (Å²) in [5.41, 5.74) is 3.01. The number of halogens is 1. The third kappa shape index (κ3) is 3.95. The number of Topliss-reactive ketones (excluding diaryl/α,β-unsaturated/α-hetero) is 1. The van der Waals surface area contributed by atoms with Crippen LogP contribution in [0.15, 0.2) is 51.3 Å². The average Bonchev–Trinajstić information content (AvgIpc) is 2.71. The lowest BCUT2D eigenvalue weighted by atomic mass is 9.69. The lowest BCUT2D eigenvalue weighted by molar-refractivity contribution is -0.151. The summed E-state index contributed by atoms with van der Waals surface area (Å²) >= 11 is 3.57. The molecule has 0 spiro atoms. The highest BCUT2D eigenvalue weighted by Gasteiger charge is 2.47. The summed E-state index contributed by atoms with van der Waals surface area (Å²) in [6.07, 6.45) is 1.20. The highest BCUT2D eigenvalue weighted by Crippen LogP contribution is 2.46. The number of carbonyl (C=O) groups is 3. The van der Waals surface area contributed by atoms with Crippen molar-refractivity contribution in [3.8, 4) is 0 Å². The van der Waals surface area contributed by atoms with Crippen LogP contribution in [0.4, 0.5) is 0 Å². The molecule has 160 valence electrons. The summed E-state index contributed by atoms with van der Waals surface area (Å²) in [7, 11) is 1.29. The molecule has 0 aromatic heterocycles. The third-order valence-electron chi connectivity index (χ3n) is 5.62. The molecule has 30 heavy (non-hydrogen) atoms. The topological polar surface area (TPSA) is 81.7 Å². The molecule has 2 aliphatic rings. The minimum absolute atomic E-state index is 0.211. The number of ketones is 1. The number of hydrogen-bond acceptors (Lipinski definition) is 6. The number of methoxy groups -OCH3 is 1. The van der Waals surface area contributed by atoms with E-state index in [2.05, 4.69) is 21.2 Å². The van der Waals surface area contributed by atoms with Gasteiger partial charge in [-0.05, 0) is 37.3 Å². The number of dihydropyridines is 1. The van der Waals surface area contributed by atoms with E-state index in [-0.39, 0.29) is 11.7 Å². The Hall–Kier alpha value is -2.41. The molecule has 3 atom stereocenters. The highest BCUT2D eigenvalue weighted by molar-refractivity contribution is 9.10. The Morgan fingerprint density at radius 2 is 1.97 bits per heavy atom. The summed E-state index contributed by atoms with van der Waals surface area (Å²) in [4.78, 5) is 39.0. The zero-order valence-electron chi connectivity index (χ0n) is 17.6. The molecule has 1 aromatic rings. The first-order chi connectivity index (χ1) is 14.3. The summed E-state index contributed by atoms with van der Waals surface area (Å²) in [6, 6.07) is 7.48. The van der Waals surface area contributed by atoms with Crippen LogP contribution >= 0.6 is 15.9 Å². The van der Waals surface area contributed by atoms with Crippen molar-refractivity contribution < 1.29 is 23.9 Å².